The molecule has 0 saturated carbocycles. The van der Waals surface area contributed by atoms with Crippen LogP contribution < -0.4 is 0 Å². The molecule has 0 unspecified atom stereocenters. The second kappa shape index (κ2) is 3.39. The van der Waals surface area contributed by atoms with E-state index >= 15 is 0 Å². The highest BCUT2D eigenvalue weighted by Crippen LogP contribution is 2.35. The van der Waals surface area contributed by atoms with E-state index in [1.807, 2.05) is 0 Å². The first-order chi connectivity index (χ1) is 5.82. The summed E-state index contributed by atoms with van der Waals surface area (Å²) >= 11 is 11.0. The van der Waals surface area contributed by atoms with Crippen molar-refractivity contribution in [2.24, 2.45) is 0 Å². The third-order valence-corrected chi connectivity index (χ3v) is 2.14. The van der Waals surface area contributed by atoms with Crippen LogP contribution in [0.5, 0.6) is 0 Å². The van der Waals surface area contributed by atoms with Gasteiger partial charge in [0.15, 0.2) is 0 Å². The standard InChI is InChI=1S/C8H4Cl2F3/c1-4-6(9)2-5(3-7(4)10)8(11,12)13/h2-3H,1H2. The molecule has 0 saturated heterocycles. The van der Waals surface area contributed by atoms with Crippen molar-refractivity contribution in [1.82, 2.24) is 0 Å². The first kappa shape index (κ1) is 10.7. The van der Waals surface area contributed by atoms with E-state index in [-0.39, 0.29) is 15.6 Å². The average molecular weight is 228 g/mol. The van der Waals surface area contributed by atoms with Gasteiger partial charge in [0.05, 0.1) is 5.56 Å². The molecule has 1 aromatic carbocycles. The molecule has 0 N–H and O–H groups in total. The van der Waals surface area contributed by atoms with Gasteiger partial charge in [-0.1, -0.05) is 23.2 Å². The van der Waals surface area contributed by atoms with Gasteiger partial charge in [0.1, 0.15) is 0 Å². The summed E-state index contributed by atoms with van der Waals surface area (Å²) in [5, 5.41) is -0.167. The molecule has 0 fully saturated rings. The van der Waals surface area contributed by atoms with Crippen LogP contribution in [0.25, 0.3) is 0 Å². The molecule has 0 heterocycles. The minimum absolute atomic E-state index is 0.0835. The van der Waals surface area contributed by atoms with Gasteiger partial charge < -0.3 is 0 Å². The first-order valence-corrected chi connectivity index (χ1v) is 3.96. The Hall–Kier alpha value is -0.410. The van der Waals surface area contributed by atoms with E-state index in [9.17, 15) is 13.2 Å². The van der Waals surface area contributed by atoms with Crippen molar-refractivity contribution in [2.45, 2.75) is 6.18 Å². The zero-order chi connectivity index (χ0) is 10.2. The number of hydrogen-bond donors (Lipinski definition) is 0. The fourth-order valence-corrected chi connectivity index (χ4v) is 1.25. The van der Waals surface area contributed by atoms with Crippen molar-refractivity contribution >= 4 is 23.2 Å². The maximum Gasteiger partial charge on any atom is 0.416 e. The summed E-state index contributed by atoms with van der Waals surface area (Å²) in [4.78, 5) is 0. The fourth-order valence-electron chi connectivity index (χ4n) is 0.767. The van der Waals surface area contributed by atoms with Gasteiger partial charge in [0.25, 0.3) is 0 Å². The summed E-state index contributed by atoms with van der Waals surface area (Å²) in [6.45, 7) is 3.41. The molecule has 1 aromatic rings. The molecular weight excluding hydrogens is 224 g/mol. The summed E-state index contributed by atoms with van der Waals surface area (Å²) in [5.74, 6) is 0. The van der Waals surface area contributed by atoms with Crippen molar-refractivity contribution < 1.29 is 13.2 Å². The lowest BCUT2D eigenvalue weighted by Gasteiger charge is -2.09. The molecule has 0 nitrogen and oxygen atoms in total. The highest BCUT2D eigenvalue weighted by atomic mass is 35.5. The van der Waals surface area contributed by atoms with Crippen molar-refractivity contribution in [3.63, 3.8) is 0 Å². The Bertz CT molecular complexity index is 308. The molecule has 13 heavy (non-hydrogen) atoms. The van der Waals surface area contributed by atoms with Crippen LogP contribution in [0.15, 0.2) is 12.1 Å². The number of halogens is 5. The second-order valence-electron chi connectivity index (χ2n) is 2.42. The van der Waals surface area contributed by atoms with Crippen LogP contribution in [0, 0.1) is 6.92 Å². The lowest BCUT2D eigenvalue weighted by Crippen LogP contribution is -2.05. The number of rotatable bonds is 0. The van der Waals surface area contributed by atoms with E-state index in [0.29, 0.717) is 0 Å². The van der Waals surface area contributed by atoms with Crippen LogP contribution in [0.2, 0.25) is 10.0 Å². The maximum atomic E-state index is 12.1. The van der Waals surface area contributed by atoms with Gasteiger partial charge in [0, 0.05) is 10.0 Å². The highest BCUT2D eigenvalue weighted by molar-refractivity contribution is 6.36. The zero-order valence-corrected chi connectivity index (χ0v) is 7.76. The number of hydrogen-bond acceptors (Lipinski definition) is 0. The van der Waals surface area contributed by atoms with Gasteiger partial charge in [-0.05, 0) is 24.6 Å². The van der Waals surface area contributed by atoms with Crippen molar-refractivity contribution in [1.29, 1.82) is 0 Å². The van der Waals surface area contributed by atoms with Crippen LogP contribution in [-0.2, 0) is 6.18 Å². The summed E-state index contributed by atoms with van der Waals surface area (Å²) in [5.41, 5.74) is -0.661. The minimum Gasteiger partial charge on any atom is -0.166 e. The van der Waals surface area contributed by atoms with E-state index in [2.05, 4.69) is 6.92 Å². The van der Waals surface area contributed by atoms with Gasteiger partial charge in [-0.2, -0.15) is 13.2 Å². The largest absolute Gasteiger partial charge is 0.416 e. The van der Waals surface area contributed by atoms with E-state index in [1.165, 1.54) is 0 Å². The molecule has 0 amide bonds. The van der Waals surface area contributed by atoms with Crippen molar-refractivity contribution in [3.05, 3.63) is 40.2 Å². The van der Waals surface area contributed by atoms with Gasteiger partial charge in [-0.15, -0.1) is 0 Å². The molecule has 0 aliphatic carbocycles. The predicted molar refractivity (Wildman–Crippen MR) is 45.9 cm³/mol. The first-order valence-electron chi connectivity index (χ1n) is 3.20. The molecule has 0 atom stereocenters. The van der Waals surface area contributed by atoms with Gasteiger partial charge in [0.2, 0.25) is 0 Å². The highest BCUT2D eigenvalue weighted by Gasteiger charge is 2.31. The minimum atomic E-state index is -4.43. The Kier molecular flexibility index (Phi) is 2.78. The monoisotopic (exact) mass is 227 g/mol. The third-order valence-electron chi connectivity index (χ3n) is 1.47. The summed E-state index contributed by atoms with van der Waals surface area (Å²) in [6.07, 6.45) is -4.43. The topological polar surface area (TPSA) is 0 Å². The zero-order valence-electron chi connectivity index (χ0n) is 6.25. The van der Waals surface area contributed by atoms with Gasteiger partial charge >= 0.3 is 6.18 Å². The molecule has 0 spiro atoms. The Morgan fingerprint density at radius 2 is 1.46 bits per heavy atom. The predicted octanol–water partition coefficient (Wildman–Crippen LogP) is 4.19. The van der Waals surface area contributed by atoms with Crippen LogP contribution in [0.3, 0.4) is 0 Å². The molecule has 71 valence electrons. The Morgan fingerprint density at radius 1 is 1.08 bits per heavy atom. The lowest BCUT2D eigenvalue weighted by atomic mass is 10.1. The fraction of sp³-hybridized carbons (Fsp3) is 0.125. The normalized spacial score (nSPS) is 11.8. The van der Waals surface area contributed by atoms with E-state index in [0.717, 1.165) is 12.1 Å². The van der Waals surface area contributed by atoms with Crippen LogP contribution in [0.1, 0.15) is 11.1 Å². The van der Waals surface area contributed by atoms with Gasteiger partial charge in [-0.3, -0.25) is 0 Å². The SMILES string of the molecule is [CH2]c1c(Cl)cc(C(F)(F)F)cc1Cl. The third kappa shape index (κ3) is 2.29. The molecule has 1 rings (SSSR count). The molecule has 0 aliphatic heterocycles. The molecular formula is C8H4Cl2F3. The Balaban J connectivity index is 3.29. The summed E-state index contributed by atoms with van der Waals surface area (Å²) in [7, 11) is 0. The lowest BCUT2D eigenvalue weighted by molar-refractivity contribution is -0.137. The average Bonchev–Trinajstić information content (AvgIpc) is 1.97. The molecule has 0 aromatic heterocycles. The maximum absolute atomic E-state index is 12.1. The van der Waals surface area contributed by atoms with Crippen LogP contribution in [0.4, 0.5) is 13.2 Å². The second-order valence-corrected chi connectivity index (χ2v) is 3.23. The molecule has 5 heteroatoms. The number of alkyl halides is 3. The summed E-state index contributed by atoms with van der Waals surface area (Å²) < 4.78 is 36.4. The van der Waals surface area contributed by atoms with Gasteiger partial charge in [-0.25, -0.2) is 0 Å². The Labute approximate surface area is 83.3 Å². The van der Waals surface area contributed by atoms with Crippen molar-refractivity contribution in [3.8, 4) is 0 Å². The smallest absolute Gasteiger partial charge is 0.166 e. The quantitative estimate of drug-likeness (QED) is 0.624. The molecule has 0 aliphatic rings. The van der Waals surface area contributed by atoms with E-state index in [1.54, 1.807) is 0 Å². The summed E-state index contributed by atoms with van der Waals surface area (Å²) in [6, 6.07) is 1.60. The van der Waals surface area contributed by atoms with Crippen LogP contribution >= 0.6 is 23.2 Å². The van der Waals surface area contributed by atoms with Crippen molar-refractivity contribution in [2.75, 3.05) is 0 Å². The van der Waals surface area contributed by atoms with E-state index < -0.39 is 11.7 Å². The van der Waals surface area contributed by atoms with Crippen LogP contribution in [-0.4, -0.2) is 0 Å². The molecule has 0 bridgehead atoms. The Morgan fingerprint density at radius 3 is 1.77 bits per heavy atom. The molecule has 1 radical (unpaired) electrons. The van der Waals surface area contributed by atoms with E-state index in [4.69, 9.17) is 23.2 Å². The number of benzene rings is 1.